The topological polar surface area (TPSA) is 69.7 Å². The van der Waals surface area contributed by atoms with E-state index in [2.05, 4.69) is 22.3 Å². The first-order valence-corrected chi connectivity index (χ1v) is 12.5. The third kappa shape index (κ3) is 3.79. The van der Waals surface area contributed by atoms with Crippen molar-refractivity contribution in [2.45, 2.75) is 61.7 Å². The summed E-state index contributed by atoms with van der Waals surface area (Å²) < 4.78 is 27.8. The summed E-state index contributed by atoms with van der Waals surface area (Å²) in [5, 5.41) is 3.65. The lowest BCUT2D eigenvalue weighted by Gasteiger charge is -2.44. The second kappa shape index (κ2) is 7.73. The van der Waals surface area contributed by atoms with Gasteiger partial charge in [-0.05, 0) is 56.7 Å². The summed E-state index contributed by atoms with van der Waals surface area (Å²) in [7, 11) is -3.52. The average molecular weight is 440 g/mol. The first kappa shape index (κ1) is 20.7. The van der Waals surface area contributed by atoms with Crippen molar-refractivity contribution in [2.24, 2.45) is 0 Å². The molecule has 2 heterocycles. The minimum absolute atomic E-state index is 0.168. The van der Waals surface area contributed by atoms with Crippen molar-refractivity contribution in [1.82, 2.24) is 14.5 Å². The summed E-state index contributed by atoms with van der Waals surface area (Å²) in [5.74, 6) is 0.168. The number of nitrogens with one attached hydrogen (secondary N) is 1. The first-order valence-electron chi connectivity index (χ1n) is 11.1. The van der Waals surface area contributed by atoms with E-state index >= 15 is 0 Å². The monoisotopic (exact) mass is 439 g/mol. The molecule has 1 N–H and O–H groups in total. The van der Waals surface area contributed by atoms with Crippen LogP contribution in [0.2, 0.25) is 0 Å². The van der Waals surface area contributed by atoms with Crippen LogP contribution in [0.25, 0.3) is 0 Å². The van der Waals surface area contributed by atoms with Gasteiger partial charge in [-0.1, -0.05) is 48.0 Å². The lowest BCUT2D eigenvalue weighted by molar-refractivity contribution is -0.133. The largest absolute Gasteiger partial charge is 0.320 e. The van der Waals surface area contributed by atoms with Gasteiger partial charge in [0.1, 0.15) is 0 Å². The van der Waals surface area contributed by atoms with Crippen molar-refractivity contribution in [3.05, 3.63) is 65.7 Å². The van der Waals surface area contributed by atoms with Crippen LogP contribution in [0, 0.1) is 6.92 Å². The fourth-order valence-electron chi connectivity index (χ4n) is 5.03. The van der Waals surface area contributed by atoms with Gasteiger partial charge in [0.2, 0.25) is 15.9 Å². The van der Waals surface area contributed by atoms with E-state index in [-0.39, 0.29) is 11.9 Å². The molecule has 7 heteroatoms. The number of aryl methyl sites for hydroxylation is 1. The van der Waals surface area contributed by atoms with Gasteiger partial charge >= 0.3 is 0 Å². The summed E-state index contributed by atoms with van der Waals surface area (Å²) in [6.07, 6.45) is 3.98. The molecule has 0 aromatic heterocycles. The van der Waals surface area contributed by atoms with Gasteiger partial charge in [-0.2, -0.15) is 4.31 Å². The zero-order valence-electron chi connectivity index (χ0n) is 17.8. The summed E-state index contributed by atoms with van der Waals surface area (Å²) in [5.41, 5.74) is 1.74. The molecule has 3 aliphatic rings. The first-order chi connectivity index (χ1) is 14.9. The Balaban J connectivity index is 1.34. The Morgan fingerprint density at radius 3 is 2.26 bits per heavy atom. The van der Waals surface area contributed by atoms with E-state index in [4.69, 9.17) is 0 Å². The van der Waals surface area contributed by atoms with Crippen LogP contribution in [-0.4, -0.2) is 54.4 Å². The SMILES string of the molecule is Cc1ccc(S(=O)(=O)N2CCC3(CC2)N[C@H](Cc2ccccc2)C(=O)N3C2CC2)cc1. The van der Waals surface area contributed by atoms with Gasteiger partial charge in [0.25, 0.3) is 0 Å². The normalized spacial score (nSPS) is 24.1. The number of sulfonamides is 1. The van der Waals surface area contributed by atoms with E-state index in [0.29, 0.717) is 43.3 Å². The van der Waals surface area contributed by atoms with Crippen LogP contribution in [0.1, 0.15) is 36.8 Å². The maximum absolute atomic E-state index is 13.3. The van der Waals surface area contributed by atoms with E-state index in [9.17, 15) is 13.2 Å². The summed E-state index contributed by atoms with van der Waals surface area (Å²) in [4.78, 5) is 15.7. The van der Waals surface area contributed by atoms with Crippen molar-refractivity contribution < 1.29 is 13.2 Å². The number of benzene rings is 2. The minimum atomic E-state index is -3.52. The second-order valence-corrected chi connectivity index (χ2v) is 11.0. The van der Waals surface area contributed by atoms with Gasteiger partial charge in [0, 0.05) is 19.1 Å². The quantitative estimate of drug-likeness (QED) is 0.778. The number of piperidine rings is 1. The number of amides is 1. The highest BCUT2D eigenvalue weighted by molar-refractivity contribution is 7.89. The molecule has 3 fully saturated rings. The van der Waals surface area contributed by atoms with Gasteiger partial charge in [-0.25, -0.2) is 8.42 Å². The van der Waals surface area contributed by atoms with Crippen molar-refractivity contribution in [2.75, 3.05) is 13.1 Å². The van der Waals surface area contributed by atoms with Gasteiger partial charge in [-0.15, -0.1) is 0 Å². The predicted octanol–water partition coefficient (Wildman–Crippen LogP) is 2.68. The van der Waals surface area contributed by atoms with Crippen LogP contribution < -0.4 is 5.32 Å². The standard InChI is InChI=1S/C24H29N3O3S/c1-18-7-11-21(12-8-18)31(29,30)26-15-13-24(14-16-26)25-22(17-19-5-3-2-4-6-19)23(28)27(24)20-9-10-20/h2-8,11-12,20,22,25H,9-10,13-17H2,1H3/t22-/m1/s1. The lowest BCUT2D eigenvalue weighted by Crippen LogP contribution is -2.60. The third-order valence-corrected chi connectivity index (χ3v) is 8.76. The number of hydrogen-bond acceptors (Lipinski definition) is 4. The molecule has 2 aromatic carbocycles. The van der Waals surface area contributed by atoms with E-state index in [1.807, 2.05) is 37.3 Å². The molecule has 2 aliphatic heterocycles. The average Bonchev–Trinajstić information content (AvgIpc) is 3.56. The smallest absolute Gasteiger partial charge is 0.243 e. The molecule has 1 aliphatic carbocycles. The molecule has 0 unspecified atom stereocenters. The number of rotatable bonds is 5. The minimum Gasteiger partial charge on any atom is -0.320 e. The Morgan fingerprint density at radius 1 is 1.00 bits per heavy atom. The summed E-state index contributed by atoms with van der Waals surface area (Å²) in [6.45, 7) is 2.78. The van der Waals surface area contributed by atoms with Crippen LogP contribution >= 0.6 is 0 Å². The van der Waals surface area contributed by atoms with Crippen molar-refractivity contribution >= 4 is 15.9 Å². The maximum atomic E-state index is 13.3. The highest BCUT2D eigenvalue weighted by Gasteiger charge is 2.56. The Kier molecular flexibility index (Phi) is 5.15. The third-order valence-electron chi connectivity index (χ3n) is 6.84. The second-order valence-electron chi connectivity index (χ2n) is 9.07. The highest BCUT2D eigenvalue weighted by Crippen LogP contribution is 2.42. The van der Waals surface area contributed by atoms with E-state index in [1.165, 1.54) is 0 Å². The molecule has 2 aromatic rings. The van der Waals surface area contributed by atoms with Crippen LogP contribution in [0.5, 0.6) is 0 Å². The molecule has 0 bridgehead atoms. The predicted molar refractivity (Wildman–Crippen MR) is 119 cm³/mol. The van der Waals surface area contributed by atoms with Crippen molar-refractivity contribution in [1.29, 1.82) is 0 Å². The molecule has 5 rings (SSSR count). The molecular weight excluding hydrogens is 410 g/mol. The van der Waals surface area contributed by atoms with Gasteiger partial charge < -0.3 is 4.90 Å². The number of carbonyl (C=O) groups is 1. The van der Waals surface area contributed by atoms with Crippen molar-refractivity contribution in [3.8, 4) is 0 Å². The molecule has 31 heavy (non-hydrogen) atoms. The number of nitrogens with zero attached hydrogens (tertiary/aromatic N) is 2. The van der Waals surface area contributed by atoms with Crippen LogP contribution in [-0.2, 0) is 21.2 Å². The van der Waals surface area contributed by atoms with Crippen LogP contribution in [0.4, 0.5) is 0 Å². The molecule has 6 nitrogen and oxygen atoms in total. The van der Waals surface area contributed by atoms with Gasteiger partial charge in [0.05, 0.1) is 16.6 Å². The van der Waals surface area contributed by atoms with E-state index in [1.54, 1.807) is 16.4 Å². The molecule has 2 saturated heterocycles. The number of hydrogen-bond donors (Lipinski definition) is 1. The van der Waals surface area contributed by atoms with Gasteiger partial charge in [-0.3, -0.25) is 10.1 Å². The van der Waals surface area contributed by atoms with Crippen LogP contribution in [0.15, 0.2) is 59.5 Å². The van der Waals surface area contributed by atoms with Gasteiger partial charge in [0.15, 0.2) is 0 Å². The fourth-order valence-corrected chi connectivity index (χ4v) is 6.47. The zero-order chi connectivity index (χ0) is 21.6. The van der Waals surface area contributed by atoms with E-state index in [0.717, 1.165) is 24.0 Å². The summed E-state index contributed by atoms with van der Waals surface area (Å²) >= 11 is 0. The fraction of sp³-hybridized carbons (Fsp3) is 0.458. The maximum Gasteiger partial charge on any atom is 0.243 e. The Morgan fingerprint density at radius 2 is 1.65 bits per heavy atom. The molecule has 1 saturated carbocycles. The Bertz CT molecular complexity index is 1060. The Hall–Kier alpha value is -2.22. The zero-order valence-corrected chi connectivity index (χ0v) is 18.6. The lowest BCUT2D eigenvalue weighted by atomic mass is 9.97. The molecule has 1 amide bonds. The summed E-state index contributed by atoms with van der Waals surface area (Å²) in [6, 6.07) is 17.2. The molecule has 1 atom stereocenters. The molecule has 1 spiro atoms. The number of carbonyl (C=O) groups excluding carboxylic acids is 1. The van der Waals surface area contributed by atoms with E-state index < -0.39 is 15.7 Å². The van der Waals surface area contributed by atoms with Crippen molar-refractivity contribution in [3.63, 3.8) is 0 Å². The Labute approximate surface area is 184 Å². The highest BCUT2D eigenvalue weighted by atomic mass is 32.2. The molecule has 164 valence electrons. The molecule has 0 radical (unpaired) electrons. The van der Waals surface area contributed by atoms with Crippen LogP contribution in [0.3, 0.4) is 0 Å². The molecular formula is C24H29N3O3S.